The lowest BCUT2D eigenvalue weighted by molar-refractivity contribution is 0.0175. The van der Waals surface area contributed by atoms with Crippen LogP contribution in [-0.2, 0) is 5.92 Å². The zero-order valence-electron chi connectivity index (χ0n) is 11.2. The Labute approximate surface area is 119 Å². The molecule has 6 heteroatoms. The third kappa shape index (κ3) is 2.52. The monoisotopic (exact) mass is 286 g/mol. The summed E-state index contributed by atoms with van der Waals surface area (Å²) in [6.45, 7) is 0.867. The first-order valence-electron chi connectivity index (χ1n) is 6.31. The highest BCUT2D eigenvalue weighted by atomic mass is 19.3. The fourth-order valence-corrected chi connectivity index (χ4v) is 2.07. The van der Waals surface area contributed by atoms with E-state index in [1.54, 1.807) is 24.3 Å². The van der Waals surface area contributed by atoms with E-state index in [4.69, 9.17) is 5.73 Å². The smallest absolute Gasteiger partial charge is 0.270 e. The van der Waals surface area contributed by atoms with Gasteiger partial charge in [0.1, 0.15) is 11.8 Å². The molecular weight excluding hydrogens is 274 g/mol. The van der Waals surface area contributed by atoms with Crippen LogP contribution in [0.3, 0.4) is 0 Å². The van der Waals surface area contributed by atoms with Crippen LogP contribution < -0.4 is 5.73 Å². The number of benzene rings is 1. The number of aromatic nitrogens is 3. The minimum absolute atomic E-state index is 0.0563. The molecule has 0 aliphatic rings. The third-order valence-electron chi connectivity index (χ3n) is 3.18. The number of fused-ring (bicyclic) bond motifs is 1. The lowest BCUT2D eigenvalue weighted by Gasteiger charge is -2.12. The number of alkyl halides is 2. The average molecular weight is 286 g/mol. The molecule has 0 radical (unpaired) electrons. The molecular formula is C15H12F2N4. The zero-order chi connectivity index (χ0) is 15.0. The lowest BCUT2D eigenvalue weighted by Crippen LogP contribution is -2.06. The van der Waals surface area contributed by atoms with Crippen LogP contribution in [0.4, 0.5) is 14.6 Å². The Hall–Kier alpha value is -2.63. The van der Waals surface area contributed by atoms with Crippen molar-refractivity contribution in [1.82, 2.24) is 15.0 Å². The van der Waals surface area contributed by atoms with Gasteiger partial charge in [0.05, 0.1) is 11.2 Å². The summed E-state index contributed by atoms with van der Waals surface area (Å²) in [7, 11) is 0. The Morgan fingerprint density at radius 2 is 1.90 bits per heavy atom. The predicted molar refractivity (Wildman–Crippen MR) is 76.7 cm³/mol. The van der Waals surface area contributed by atoms with Crippen molar-refractivity contribution >= 4 is 16.9 Å². The molecule has 0 saturated heterocycles. The van der Waals surface area contributed by atoms with Crippen molar-refractivity contribution in [2.75, 3.05) is 5.73 Å². The number of nitrogens with two attached hydrogens (primary N) is 1. The molecule has 0 amide bonds. The van der Waals surface area contributed by atoms with Crippen molar-refractivity contribution in [3.63, 3.8) is 0 Å². The summed E-state index contributed by atoms with van der Waals surface area (Å²) in [6.07, 6.45) is 1.36. The summed E-state index contributed by atoms with van der Waals surface area (Å²) in [6, 6.07) is 9.59. The maximum atomic E-state index is 13.4. The molecule has 0 aliphatic carbocycles. The standard InChI is InChI=1S/C15H12F2N4/c1-15(16,17)10-4-2-3-9(7-10)11-5-6-12-13(21-11)14(18)20-8-19-12/h2-8H,1H3,(H2,18,19,20). The van der Waals surface area contributed by atoms with Gasteiger partial charge in [-0.25, -0.2) is 23.7 Å². The highest BCUT2D eigenvalue weighted by molar-refractivity contribution is 5.85. The number of hydrogen-bond acceptors (Lipinski definition) is 4. The van der Waals surface area contributed by atoms with Crippen LogP contribution in [0.2, 0.25) is 0 Å². The van der Waals surface area contributed by atoms with Gasteiger partial charge in [-0.1, -0.05) is 18.2 Å². The molecule has 3 rings (SSSR count). The minimum Gasteiger partial charge on any atom is -0.382 e. The summed E-state index contributed by atoms with van der Waals surface area (Å²) in [4.78, 5) is 12.3. The Kier molecular flexibility index (Phi) is 3.01. The van der Waals surface area contributed by atoms with Gasteiger partial charge in [0.25, 0.3) is 5.92 Å². The second-order valence-electron chi connectivity index (χ2n) is 4.79. The van der Waals surface area contributed by atoms with Gasteiger partial charge < -0.3 is 5.73 Å². The quantitative estimate of drug-likeness (QED) is 0.784. The number of nitrogens with zero attached hydrogens (tertiary/aromatic N) is 3. The van der Waals surface area contributed by atoms with Crippen molar-refractivity contribution in [3.8, 4) is 11.3 Å². The van der Waals surface area contributed by atoms with Crippen LogP contribution in [0.5, 0.6) is 0 Å². The number of nitrogen functional groups attached to an aromatic ring is 1. The van der Waals surface area contributed by atoms with E-state index in [2.05, 4.69) is 15.0 Å². The highest BCUT2D eigenvalue weighted by Crippen LogP contribution is 2.30. The van der Waals surface area contributed by atoms with Gasteiger partial charge in [-0.15, -0.1) is 0 Å². The Morgan fingerprint density at radius 3 is 2.67 bits per heavy atom. The fourth-order valence-electron chi connectivity index (χ4n) is 2.07. The van der Waals surface area contributed by atoms with Crippen molar-refractivity contribution < 1.29 is 8.78 Å². The van der Waals surface area contributed by atoms with E-state index in [-0.39, 0.29) is 11.4 Å². The minimum atomic E-state index is -2.89. The molecule has 2 heterocycles. The van der Waals surface area contributed by atoms with Gasteiger partial charge in [0, 0.05) is 18.1 Å². The maximum absolute atomic E-state index is 13.4. The fraction of sp³-hybridized carbons (Fsp3) is 0.133. The van der Waals surface area contributed by atoms with E-state index in [1.165, 1.54) is 18.5 Å². The summed E-state index contributed by atoms with van der Waals surface area (Å²) in [5.41, 5.74) is 7.94. The first kappa shape index (κ1) is 13.4. The molecule has 0 unspecified atom stereocenters. The molecule has 0 atom stereocenters. The van der Waals surface area contributed by atoms with E-state index in [0.717, 1.165) is 6.92 Å². The van der Waals surface area contributed by atoms with Gasteiger partial charge in [-0.3, -0.25) is 0 Å². The molecule has 2 N–H and O–H groups in total. The average Bonchev–Trinajstić information content (AvgIpc) is 2.47. The first-order valence-corrected chi connectivity index (χ1v) is 6.31. The Bertz CT molecular complexity index is 812. The van der Waals surface area contributed by atoms with Crippen molar-refractivity contribution in [1.29, 1.82) is 0 Å². The largest absolute Gasteiger partial charge is 0.382 e. The summed E-state index contributed by atoms with van der Waals surface area (Å²) >= 11 is 0. The molecule has 0 spiro atoms. The van der Waals surface area contributed by atoms with Crippen LogP contribution in [-0.4, -0.2) is 15.0 Å². The van der Waals surface area contributed by atoms with Gasteiger partial charge in [0.2, 0.25) is 0 Å². The van der Waals surface area contributed by atoms with Crippen LogP contribution in [0.15, 0.2) is 42.7 Å². The van der Waals surface area contributed by atoms with Gasteiger partial charge in [0.15, 0.2) is 5.82 Å². The predicted octanol–water partition coefficient (Wildman–Crippen LogP) is 3.39. The molecule has 0 aliphatic heterocycles. The molecule has 21 heavy (non-hydrogen) atoms. The SMILES string of the molecule is CC(F)(F)c1cccc(-c2ccc3ncnc(N)c3n2)c1. The second-order valence-corrected chi connectivity index (χ2v) is 4.79. The van der Waals surface area contributed by atoms with Crippen molar-refractivity contribution in [3.05, 3.63) is 48.3 Å². The molecule has 0 fully saturated rings. The van der Waals surface area contributed by atoms with E-state index in [0.29, 0.717) is 22.3 Å². The van der Waals surface area contributed by atoms with Crippen molar-refractivity contribution in [2.45, 2.75) is 12.8 Å². The van der Waals surface area contributed by atoms with Crippen LogP contribution in [0.1, 0.15) is 12.5 Å². The Balaban J connectivity index is 2.15. The van der Waals surface area contributed by atoms with E-state index < -0.39 is 5.92 Å². The zero-order valence-corrected chi connectivity index (χ0v) is 11.2. The van der Waals surface area contributed by atoms with Gasteiger partial charge >= 0.3 is 0 Å². The maximum Gasteiger partial charge on any atom is 0.270 e. The van der Waals surface area contributed by atoms with E-state index in [1.807, 2.05) is 0 Å². The topological polar surface area (TPSA) is 64.7 Å². The summed E-state index contributed by atoms with van der Waals surface area (Å²) < 4.78 is 26.8. The van der Waals surface area contributed by atoms with Gasteiger partial charge in [-0.05, 0) is 18.2 Å². The van der Waals surface area contributed by atoms with Crippen LogP contribution in [0.25, 0.3) is 22.3 Å². The summed E-state index contributed by atoms with van der Waals surface area (Å²) in [5.74, 6) is -2.63. The third-order valence-corrected chi connectivity index (χ3v) is 3.18. The number of rotatable bonds is 2. The molecule has 4 nitrogen and oxygen atoms in total. The molecule has 0 bridgehead atoms. The molecule has 1 aromatic carbocycles. The number of halogens is 2. The highest BCUT2D eigenvalue weighted by Gasteiger charge is 2.24. The molecule has 2 aromatic heterocycles. The van der Waals surface area contributed by atoms with Crippen LogP contribution in [0, 0.1) is 0 Å². The molecule has 0 saturated carbocycles. The van der Waals surface area contributed by atoms with Crippen LogP contribution >= 0.6 is 0 Å². The number of anilines is 1. The number of pyridine rings is 1. The summed E-state index contributed by atoms with van der Waals surface area (Å²) in [5, 5.41) is 0. The van der Waals surface area contributed by atoms with Crippen molar-refractivity contribution in [2.24, 2.45) is 0 Å². The lowest BCUT2D eigenvalue weighted by atomic mass is 10.0. The van der Waals surface area contributed by atoms with E-state index in [9.17, 15) is 8.78 Å². The first-order chi connectivity index (χ1) is 9.95. The normalized spacial score (nSPS) is 11.8. The second kappa shape index (κ2) is 4.73. The molecule has 3 aromatic rings. The Morgan fingerprint density at radius 1 is 1.10 bits per heavy atom. The van der Waals surface area contributed by atoms with Gasteiger partial charge in [-0.2, -0.15) is 0 Å². The molecule has 106 valence electrons. The van der Waals surface area contributed by atoms with E-state index >= 15 is 0 Å². The number of hydrogen-bond donors (Lipinski definition) is 1.